The van der Waals surface area contributed by atoms with Gasteiger partial charge in [-0.15, -0.1) is 0 Å². The number of benzene rings is 1. The highest BCUT2D eigenvalue weighted by atomic mass is 15.3. The van der Waals surface area contributed by atoms with Gasteiger partial charge >= 0.3 is 0 Å². The van der Waals surface area contributed by atoms with Crippen LogP contribution < -0.4 is 5.32 Å². The lowest BCUT2D eigenvalue weighted by molar-refractivity contribution is 0.0729. The number of hydrogen-bond acceptors (Lipinski definition) is 3. The van der Waals surface area contributed by atoms with Gasteiger partial charge in [-0.3, -0.25) is 9.80 Å². The Kier molecular flexibility index (Phi) is 3.41. The van der Waals surface area contributed by atoms with Gasteiger partial charge in [0.05, 0.1) is 0 Å². The Morgan fingerprint density at radius 1 is 0.950 bits per heavy atom. The summed E-state index contributed by atoms with van der Waals surface area (Å²) in [5.41, 5.74) is 2.85. The highest BCUT2D eigenvalue weighted by Crippen LogP contribution is 2.27. The maximum atomic E-state index is 3.68. The molecule has 2 fully saturated rings. The van der Waals surface area contributed by atoms with Crippen LogP contribution in [0.3, 0.4) is 0 Å². The third-order valence-electron chi connectivity index (χ3n) is 5.43. The van der Waals surface area contributed by atoms with E-state index in [1.54, 1.807) is 0 Å². The van der Waals surface area contributed by atoms with E-state index in [9.17, 15) is 0 Å². The zero-order valence-corrected chi connectivity index (χ0v) is 12.2. The largest absolute Gasteiger partial charge is 0.383 e. The van der Waals surface area contributed by atoms with Crippen molar-refractivity contribution >= 4 is 5.69 Å². The summed E-state index contributed by atoms with van der Waals surface area (Å²) in [6.45, 7) is 6.30. The lowest BCUT2D eigenvalue weighted by Gasteiger charge is -2.41. The van der Waals surface area contributed by atoms with Crippen LogP contribution in [0.4, 0.5) is 5.69 Å². The van der Waals surface area contributed by atoms with E-state index < -0.39 is 0 Å². The maximum Gasteiger partial charge on any atom is 0.0373 e. The topological polar surface area (TPSA) is 18.5 Å². The van der Waals surface area contributed by atoms with Gasteiger partial charge in [-0.05, 0) is 43.9 Å². The van der Waals surface area contributed by atoms with Crippen LogP contribution in [0.15, 0.2) is 24.3 Å². The van der Waals surface area contributed by atoms with Gasteiger partial charge < -0.3 is 5.32 Å². The van der Waals surface area contributed by atoms with Crippen molar-refractivity contribution in [3.8, 4) is 0 Å². The number of aryl methyl sites for hydroxylation is 1. The van der Waals surface area contributed by atoms with Crippen molar-refractivity contribution in [2.24, 2.45) is 0 Å². The summed E-state index contributed by atoms with van der Waals surface area (Å²) in [4.78, 5) is 5.46. The minimum absolute atomic E-state index is 0.713. The Bertz CT molecular complexity index is 446. The van der Waals surface area contributed by atoms with Crippen LogP contribution in [-0.4, -0.2) is 54.6 Å². The number of nitrogens with one attached hydrogen (secondary N) is 1. The molecule has 2 saturated heterocycles. The third-order valence-corrected chi connectivity index (χ3v) is 5.43. The van der Waals surface area contributed by atoms with Crippen LogP contribution in [0.5, 0.6) is 0 Å². The average Bonchev–Trinajstić information content (AvgIpc) is 2.85. The molecule has 3 heteroatoms. The molecule has 1 aromatic carbocycles. The first kappa shape index (κ1) is 12.7. The highest BCUT2D eigenvalue weighted by Gasteiger charge is 2.33. The van der Waals surface area contributed by atoms with E-state index in [0.29, 0.717) is 6.04 Å². The summed E-state index contributed by atoms with van der Waals surface area (Å²) in [7, 11) is 0. The van der Waals surface area contributed by atoms with E-state index >= 15 is 0 Å². The van der Waals surface area contributed by atoms with Gasteiger partial charge in [0.2, 0.25) is 0 Å². The van der Waals surface area contributed by atoms with Crippen molar-refractivity contribution in [3.05, 3.63) is 29.8 Å². The van der Waals surface area contributed by atoms with Crippen LogP contribution in [0.1, 0.15) is 24.8 Å². The van der Waals surface area contributed by atoms with E-state index in [-0.39, 0.29) is 0 Å². The van der Waals surface area contributed by atoms with Crippen molar-refractivity contribution in [1.29, 1.82) is 0 Å². The highest BCUT2D eigenvalue weighted by molar-refractivity contribution is 5.52. The van der Waals surface area contributed by atoms with E-state index in [1.165, 1.54) is 63.1 Å². The van der Waals surface area contributed by atoms with Gasteiger partial charge in [-0.2, -0.15) is 0 Å². The van der Waals surface area contributed by atoms with Gasteiger partial charge in [0.15, 0.2) is 0 Å². The standard InChI is InChI=1S/C17H25N3/c1-2-6-17-14(4-1)7-8-15(12-18-17)20-11-10-19-9-3-5-16(19)13-20/h1-2,4,6,15-16,18H,3,5,7-13H2. The molecule has 1 N–H and O–H groups in total. The lowest BCUT2D eigenvalue weighted by Crippen LogP contribution is -2.54. The molecular weight excluding hydrogens is 246 g/mol. The Morgan fingerprint density at radius 3 is 2.85 bits per heavy atom. The van der Waals surface area contributed by atoms with Crippen LogP contribution >= 0.6 is 0 Å². The molecular formula is C17H25N3. The average molecular weight is 271 g/mol. The molecule has 0 spiro atoms. The SMILES string of the molecule is c1ccc2c(c1)CCC(N1CCN3CCCC3C1)CN2. The van der Waals surface area contributed by atoms with Gasteiger partial charge in [-0.1, -0.05) is 18.2 Å². The van der Waals surface area contributed by atoms with E-state index in [4.69, 9.17) is 0 Å². The molecule has 3 aliphatic rings. The zero-order valence-electron chi connectivity index (χ0n) is 12.2. The fourth-order valence-electron chi connectivity index (χ4n) is 4.22. The van der Waals surface area contributed by atoms with Crippen molar-refractivity contribution in [3.63, 3.8) is 0 Å². The summed E-state index contributed by atoms with van der Waals surface area (Å²) in [6.07, 6.45) is 5.35. The molecule has 0 radical (unpaired) electrons. The van der Waals surface area contributed by atoms with Crippen molar-refractivity contribution in [2.75, 3.05) is 38.0 Å². The molecule has 1 aromatic rings. The Hall–Kier alpha value is -1.06. The van der Waals surface area contributed by atoms with Gasteiger partial charge in [-0.25, -0.2) is 0 Å². The summed E-state index contributed by atoms with van der Waals surface area (Å²) < 4.78 is 0. The zero-order chi connectivity index (χ0) is 13.4. The first-order valence-electron chi connectivity index (χ1n) is 8.20. The van der Waals surface area contributed by atoms with Crippen molar-refractivity contribution in [2.45, 2.75) is 37.8 Å². The van der Waals surface area contributed by atoms with Gasteiger partial charge in [0.1, 0.15) is 0 Å². The Labute approximate surface area is 121 Å². The monoisotopic (exact) mass is 271 g/mol. The number of fused-ring (bicyclic) bond motifs is 2. The van der Waals surface area contributed by atoms with Crippen LogP contribution in [0, 0.1) is 0 Å². The van der Waals surface area contributed by atoms with Crippen LogP contribution in [0.25, 0.3) is 0 Å². The fourth-order valence-corrected chi connectivity index (χ4v) is 4.22. The molecule has 4 rings (SSSR count). The summed E-state index contributed by atoms with van der Waals surface area (Å²) in [5, 5.41) is 3.68. The number of hydrogen-bond donors (Lipinski definition) is 1. The molecule has 0 saturated carbocycles. The molecule has 0 amide bonds. The lowest BCUT2D eigenvalue weighted by atomic mass is 10.0. The molecule has 0 aromatic heterocycles. The van der Waals surface area contributed by atoms with Crippen molar-refractivity contribution < 1.29 is 0 Å². The summed E-state index contributed by atoms with van der Waals surface area (Å²) in [6, 6.07) is 10.4. The minimum Gasteiger partial charge on any atom is -0.383 e. The van der Waals surface area contributed by atoms with Gasteiger partial charge in [0.25, 0.3) is 0 Å². The van der Waals surface area contributed by atoms with E-state index in [2.05, 4.69) is 39.4 Å². The number of para-hydroxylation sites is 1. The normalized spacial score (nSPS) is 31.2. The Balaban J connectivity index is 1.43. The van der Waals surface area contributed by atoms with Crippen LogP contribution in [-0.2, 0) is 6.42 Å². The van der Waals surface area contributed by atoms with Crippen LogP contribution in [0.2, 0.25) is 0 Å². The first-order valence-corrected chi connectivity index (χ1v) is 8.20. The number of nitrogens with zero attached hydrogens (tertiary/aromatic N) is 2. The number of rotatable bonds is 1. The smallest absolute Gasteiger partial charge is 0.0373 e. The van der Waals surface area contributed by atoms with Crippen molar-refractivity contribution in [1.82, 2.24) is 9.80 Å². The van der Waals surface area contributed by atoms with Gasteiger partial charge in [0, 0.05) is 44.0 Å². The second kappa shape index (κ2) is 5.38. The maximum absolute atomic E-state index is 3.68. The fraction of sp³-hybridized carbons (Fsp3) is 0.647. The predicted octanol–water partition coefficient (Wildman–Crippen LogP) is 2.19. The number of anilines is 1. The second-order valence-electron chi connectivity index (χ2n) is 6.56. The first-order chi connectivity index (χ1) is 9.90. The Morgan fingerprint density at radius 2 is 1.85 bits per heavy atom. The molecule has 2 atom stereocenters. The predicted molar refractivity (Wildman–Crippen MR) is 83.2 cm³/mol. The molecule has 0 bridgehead atoms. The molecule has 20 heavy (non-hydrogen) atoms. The minimum atomic E-state index is 0.713. The number of piperazine rings is 1. The summed E-state index contributed by atoms with van der Waals surface area (Å²) in [5.74, 6) is 0. The quantitative estimate of drug-likeness (QED) is 0.845. The molecule has 0 aliphatic carbocycles. The molecule has 2 unspecified atom stereocenters. The third kappa shape index (κ3) is 2.33. The molecule has 3 nitrogen and oxygen atoms in total. The van der Waals surface area contributed by atoms with E-state index in [1.807, 2.05) is 0 Å². The summed E-state index contributed by atoms with van der Waals surface area (Å²) >= 11 is 0. The molecule has 3 heterocycles. The van der Waals surface area contributed by atoms with E-state index in [0.717, 1.165) is 12.6 Å². The molecule has 3 aliphatic heterocycles. The second-order valence-corrected chi connectivity index (χ2v) is 6.56. The molecule has 108 valence electrons.